The molecule has 0 aliphatic carbocycles. The summed E-state index contributed by atoms with van der Waals surface area (Å²) in [5, 5.41) is 0. The fourth-order valence-corrected chi connectivity index (χ4v) is 4.16. The van der Waals surface area contributed by atoms with Gasteiger partial charge in [-0.15, -0.1) is 0 Å². The first-order valence-corrected chi connectivity index (χ1v) is 8.77. The van der Waals surface area contributed by atoms with Crippen LogP contribution in [-0.4, -0.2) is 14.3 Å². The number of alkyl halides is 3. The highest BCUT2D eigenvalue weighted by Gasteiger charge is 2.53. The standard InChI is InChI=1S/C16H14F4N2O3S/c17-12-8-4-7-11(16(18,19)20)13(12)15(22,14(21)23)26(24,25)9-10-5-2-1-3-6-10/h1-8H,9,22H2,(H2,21,23). The monoisotopic (exact) mass is 390 g/mol. The number of carbonyl (C=O) groups is 1. The molecule has 4 N–H and O–H groups in total. The van der Waals surface area contributed by atoms with Gasteiger partial charge >= 0.3 is 6.18 Å². The molecule has 0 spiro atoms. The number of carbonyl (C=O) groups excluding carboxylic acids is 1. The smallest absolute Gasteiger partial charge is 0.367 e. The van der Waals surface area contributed by atoms with Crippen LogP contribution in [0.25, 0.3) is 0 Å². The maximum Gasteiger partial charge on any atom is 0.416 e. The van der Waals surface area contributed by atoms with Gasteiger partial charge in [-0.2, -0.15) is 13.2 Å². The third-order valence-corrected chi connectivity index (χ3v) is 5.85. The summed E-state index contributed by atoms with van der Waals surface area (Å²) in [6.07, 6.45) is -5.15. The number of amides is 1. The second kappa shape index (κ2) is 6.69. The van der Waals surface area contributed by atoms with E-state index in [1.165, 1.54) is 24.3 Å². The lowest BCUT2D eigenvalue weighted by Crippen LogP contribution is -2.56. The Hall–Kier alpha value is -2.46. The summed E-state index contributed by atoms with van der Waals surface area (Å²) in [5.41, 5.74) is 7.57. The third kappa shape index (κ3) is 3.42. The van der Waals surface area contributed by atoms with Gasteiger partial charge in [0.2, 0.25) is 4.87 Å². The van der Waals surface area contributed by atoms with Crippen LogP contribution in [0.2, 0.25) is 0 Å². The molecule has 0 saturated heterocycles. The summed E-state index contributed by atoms with van der Waals surface area (Å²) in [4.78, 5) is 8.47. The van der Waals surface area contributed by atoms with Crippen LogP contribution in [0.15, 0.2) is 48.5 Å². The first-order chi connectivity index (χ1) is 11.9. The van der Waals surface area contributed by atoms with Crippen molar-refractivity contribution in [3.63, 3.8) is 0 Å². The first kappa shape index (κ1) is 19.9. The van der Waals surface area contributed by atoms with Gasteiger partial charge in [-0.3, -0.25) is 4.79 Å². The van der Waals surface area contributed by atoms with Crippen molar-refractivity contribution in [1.29, 1.82) is 0 Å². The largest absolute Gasteiger partial charge is 0.416 e. The molecular weight excluding hydrogens is 376 g/mol. The lowest BCUT2D eigenvalue weighted by atomic mass is 9.98. The summed E-state index contributed by atoms with van der Waals surface area (Å²) in [7, 11) is -4.87. The quantitative estimate of drug-likeness (QED) is 0.763. The molecule has 0 radical (unpaired) electrons. The molecule has 2 rings (SSSR count). The van der Waals surface area contributed by atoms with Crippen LogP contribution in [0.3, 0.4) is 0 Å². The Balaban J connectivity index is 2.75. The molecule has 2 aromatic rings. The minimum Gasteiger partial charge on any atom is -0.367 e. The van der Waals surface area contributed by atoms with E-state index >= 15 is 0 Å². The van der Waals surface area contributed by atoms with Gasteiger partial charge in [0, 0.05) is 5.56 Å². The molecule has 2 aromatic carbocycles. The average Bonchev–Trinajstić information content (AvgIpc) is 2.53. The van der Waals surface area contributed by atoms with Crippen molar-refractivity contribution in [2.24, 2.45) is 11.5 Å². The predicted molar refractivity (Wildman–Crippen MR) is 85.5 cm³/mol. The van der Waals surface area contributed by atoms with E-state index in [1.807, 2.05) is 0 Å². The maximum absolute atomic E-state index is 14.3. The van der Waals surface area contributed by atoms with Gasteiger partial charge in [0.1, 0.15) is 5.82 Å². The summed E-state index contributed by atoms with van der Waals surface area (Å²) in [5.74, 6) is -4.32. The van der Waals surface area contributed by atoms with Gasteiger partial charge in [-0.1, -0.05) is 36.4 Å². The number of primary amides is 1. The topological polar surface area (TPSA) is 103 Å². The molecule has 0 aliphatic heterocycles. The molecule has 1 amide bonds. The Morgan fingerprint density at radius 3 is 2.08 bits per heavy atom. The zero-order valence-electron chi connectivity index (χ0n) is 13.1. The number of rotatable bonds is 5. The summed E-state index contributed by atoms with van der Waals surface area (Å²) < 4.78 is 79.5. The van der Waals surface area contributed by atoms with E-state index in [9.17, 15) is 30.8 Å². The van der Waals surface area contributed by atoms with Gasteiger partial charge in [0.25, 0.3) is 5.91 Å². The van der Waals surface area contributed by atoms with E-state index in [-0.39, 0.29) is 5.56 Å². The molecule has 1 atom stereocenters. The SMILES string of the molecule is NC(=O)C(N)(c1c(F)cccc1C(F)(F)F)S(=O)(=O)Cc1ccccc1. The van der Waals surface area contributed by atoms with Crippen molar-refractivity contribution in [1.82, 2.24) is 0 Å². The van der Waals surface area contributed by atoms with Crippen LogP contribution in [0.5, 0.6) is 0 Å². The molecule has 0 aliphatic rings. The Labute approximate surface area is 146 Å². The number of halogens is 4. The van der Waals surface area contributed by atoms with Gasteiger partial charge in [0.15, 0.2) is 9.84 Å². The molecule has 0 bridgehead atoms. The Morgan fingerprint density at radius 1 is 1.00 bits per heavy atom. The lowest BCUT2D eigenvalue weighted by molar-refractivity contribution is -0.139. The van der Waals surface area contributed by atoms with Gasteiger partial charge in [0.05, 0.1) is 11.3 Å². The highest BCUT2D eigenvalue weighted by molar-refractivity contribution is 7.92. The molecule has 0 aromatic heterocycles. The Bertz CT molecular complexity index is 930. The average molecular weight is 390 g/mol. The molecule has 140 valence electrons. The van der Waals surface area contributed by atoms with Crippen molar-refractivity contribution in [2.45, 2.75) is 16.8 Å². The minimum atomic E-state index is -5.15. The maximum atomic E-state index is 14.3. The van der Waals surface area contributed by atoms with Crippen LogP contribution < -0.4 is 11.5 Å². The van der Waals surface area contributed by atoms with Crippen LogP contribution >= 0.6 is 0 Å². The lowest BCUT2D eigenvalue weighted by Gasteiger charge is -2.29. The summed E-state index contributed by atoms with van der Waals surface area (Å²) >= 11 is 0. The number of hydrogen-bond acceptors (Lipinski definition) is 4. The summed E-state index contributed by atoms with van der Waals surface area (Å²) in [6, 6.07) is 9.02. The second-order valence-electron chi connectivity index (χ2n) is 5.50. The van der Waals surface area contributed by atoms with E-state index in [4.69, 9.17) is 11.5 Å². The molecular formula is C16H14F4N2O3S. The van der Waals surface area contributed by atoms with Gasteiger partial charge in [-0.25, -0.2) is 12.8 Å². The zero-order valence-corrected chi connectivity index (χ0v) is 13.9. The van der Waals surface area contributed by atoms with Crippen LogP contribution in [-0.2, 0) is 31.4 Å². The van der Waals surface area contributed by atoms with Crippen LogP contribution in [0, 0.1) is 5.82 Å². The fourth-order valence-electron chi connectivity index (χ4n) is 2.48. The molecule has 0 heterocycles. The van der Waals surface area contributed by atoms with Crippen molar-refractivity contribution < 1.29 is 30.8 Å². The molecule has 10 heteroatoms. The fraction of sp³-hybridized carbons (Fsp3) is 0.188. The predicted octanol–water partition coefficient (Wildman–Crippen LogP) is 2.06. The molecule has 1 unspecified atom stereocenters. The van der Waals surface area contributed by atoms with E-state index in [1.54, 1.807) is 6.07 Å². The molecule has 26 heavy (non-hydrogen) atoms. The Morgan fingerprint density at radius 2 is 1.58 bits per heavy atom. The van der Waals surface area contributed by atoms with Crippen molar-refractivity contribution >= 4 is 15.7 Å². The third-order valence-electron chi connectivity index (χ3n) is 3.75. The zero-order chi connectivity index (χ0) is 19.8. The second-order valence-corrected chi connectivity index (χ2v) is 7.67. The Kier molecular flexibility index (Phi) is 5.11. The van der Waals surface area contributed by atoms with E-state index in [0.29, 0.717) is 12.1 Å². The number of hydrogen-bond donors (Lipinski definition) is 2. The summed E-state index contributed by atoms with van der Waals surface area (Å²) in [6.45, 7) is 0. The van der Waals surface area contributed by atoms with Crippen molar-refractivity contribution in [3.8, 4) is 0 Å². The van der Waals surface area contributed by atoms with Gasteiger partial charge < -0.3 is 11.5 Å². The van der Waals surface area contributed by atoms with Gasteiger partial charge in [-0.05, 0) is 17.7 Å². The van der Waals surface area contributed by atoms with Crippen molar-refractivity contribution in [2.75, 3.05) is 0 Å². The highest BCUT2D eigenvalue weighted by Crippen LogP contribution is 2.40. The van der Waals surface area contributed by atoms with E-state index in [0.717, 1.165) is 6.07 Å². The van der Waals surface area contributed by atoms with E-state index in [2.05, 4.69) is 0 Å². The number of sulfone groups is 1. The number of nitrogens with two attached hydrogens (primary N) is 2. The first-order valence-electron chi connectivity index (χ1n) is 7.12. The molecule has 0 saturated carbocycles. The molecule has 0 fully saturated rings. The van der Waals surface area contributed by atoms with Crippen LogP contribution in [0.4, 0.5) is 17.6 Å². The molecule has 5 nitrogen and oxygen atoms in total. The normalized spacial score (nSPS) is 14.7. The van der Waals surface area contributed by atoms with Crippen LogP contribution in [0.1, 0.15) is 16.7 Å². The minimum absolute atomic E-state index is 0.147. The van der Waals surface area contributed by atoms with Crippen molar-refractivity contribution in [3.05, 3.63) is 71.0 Å². The number of benzene rings is 2. The highest BCUT2D eigenvalue weighted by atomic mass is 32.2. The van der Waals surface area contributed by atoms with E-state index < -0.39 is 49.5 Å².